The van der Waals surface area contributed by atoms with Crippen molar-refractivity contribution >= 4 is 11.6 Å². The molecule has 0 bridgehead atoms. The van der Waals surface area contributed by atoms with Crippen LogP contribution in [0.2, 0.25) is 0 Å². The van der Waals surface area contributed by atoms with Crippen LogP contribution in [0.4, 0.5) is 10.1 Å². The van der Waals surface area contributed by atoms with E-state index in [2.05, 4.69) is 24.4 Å². The van der Waals surface area contributed by atoms with E-state index in [4.69, 9.17) is 0 Å². The Hall–Kier alpha value is -2.20. The van der Waals surface area contributed by atoms with E-state index in [0.29, 0.717) is 5.69 Å². The largest absolute Gasteiger partial charge is 0.324 e. The lowest BCUT2D eigenvalue weighted by Gasteiger charge is -2.22. The molecule has 2 N–H and O–H groups in total. The first-order valence-electron chi connectivity index (χ1n) is 7.40. The summed E-state index contributed by atoms with van der Waals surface area (Å²) < 4.78 is 12.9. The van der Waals surface area contributed by atoms with Gasteiger partial charge in [0.1, 0.15) is 12.4 Å². The first kappa shape index (κ1) is 16.2. The third kappa shape index (κ3) is 4.15. The maximum Gasteiger partial charge on any atom is 0.282 e. The Morgan fingerprint density at radius 1 is 1.18 bits per heavy atom. The number of benzene rings is 2. The molecule has 2 aromatic rings. The highest BCUT2D eigenvalue weighted by molar-refractivity contribution is 5.93. The SMILES string of the molecule is Cc1ccccc1C[NH+](C)[C@@H](C)C(=O)Nc1ccc(F)cc1. The number of nitrogens with one attached hydrogen (secondary N) is 2. The predicted octanol–water partition coefficient (Wildman–Crippen LogP) is 2.18. The van der Waals surface area contributed by atoms with Crippen LogP contribution in [0.5, 0.6) is 0 Å². The summed E-state index contributed by atoms with van der Waals surface area (Å²) >= 11 is 0. The summed E-state index contributed by atoms with van der Waals surface area (Å²) in [5.41, 5.74) is 3.08. The molecule has 0 saturated carbocycles. The van der Waals surface area contributed by atoms with Crippen LogP contribution in [-0.4, -0.2) is 19.0 Å². The Morgan fingerprint density at radius 3 is 2.45 bits per heavy atom. The van der Waals surface area contributed by atoms with Crippen molar-refractivity contribution < 1.29 is 14.1 Å². The zero-order valence-corrected chi connectivity index (χ0v) is 13.2. The zero-order valence-electron chi connectivity index (χ0n) is 13.2. The van der Waals surface area contributed by atoms with Gasteiger partial charge in [0.25, 0.3) is 5.91 Å². The number of halogens is 1. The molecule has 0 heterocycles. The van der Waals surface area contributed by atoms with Gasteiger partial charge in [-0.15, -0.1) is 0 Å². The normalized spacial score (nSPS) is 13.5. The lowest BCUT2D eigenvalue weighted by molar-refractivity contribution is -0.907. The molecule has 2 rings (SSSR count). The molecule has 2 atom stereocenters. The van der Waals surface area contributed by atoms with E-state index in [1.54, 1.807) is 12.1 Å². The topological polar surface area (TPSA) is 33.5 Å². The van der Waals surface area contributed by atoms with Crippen molar-refractivity contribution in [3.05, 3.63) is 65.5 Å². The second-order valence-corrected chi connectivity index (χ2v) is 5.67. The quantitative estimate of drug-likeness (QED) is 0.872. The predicted molar refractivity (Wildman–Crippen MR) is 86.3 cm³/mol. The van der Waals surface area contributed by atoms with Gasteiger partial charge in [-0.2, -0.15) is 0 Å². The Labute approximate surface area is 130 Å². The summed E-state index contributed by atoms with van der Waals surface area (Å²) in [5, 5.41) is 2.82. The van der Waals surface area contributed by atoms with Crippen molar-refractivity contribution in [2.24, 2.45) is 0 Å². The molecule has 0 saturated heterocycles. The molecule has 0 aliphatic rings. The first-order valence-corrected chi connectivity index (χ1v) is 7.40. The highest BCUT2D eigenvalue weighted by atomic mass is 19.1. The summed E-state index contributed by atoms with van der Waals surface area (Å²) in [6.45, 7) is 4.75. The van der Waals surface area contributed by atoms with Crippen molar-refractivity contribution in [1.82, 2.24) is 0 Å². The highest BCUT2D eigenvalue weighted by Crippen LogP contribution is 2.08. The average molecular weight is 301 g/mol. The monoisotopic (exact) mass is 301 g/mol. The molecule has 0 spiro atoms. The number of aryl methyl sites for hydroxylation is 1. The molecule has 22 heavy (non-hydrogen) atoms. The number of hydrogen-bond donors (Lipinski definition) is 2. The summed E-state index contributed by atoms with van der Waals surface area (Å²) in [7, 11) is 2.00. The van der Waals surface area contributed by atoms with Crippen LogP contribution in [0.3, 0.4) is 0 Å². The van der Waals surface area contributed by atoms with Gasteiger partial charge in [-0.1, -0.05) is 24.3 Å². The summed E-state index contributed by atoms with van der Waals surface area (Å²) in [6.07, 6.45) is 0. The van der Waals surface area contributed by atoms with Crippen molar-refractivity contribution in [3.8, 4) is 0 Å². The maximum atomic E-state index is 12.9. The number of carbonyl (C=O) groups is 1. The third-order valence-corrected chi connectivity index (χ3v) is 3.97. The van der Waals surface area contributed by atoms with E-state index < -0.39 is 0 Å². The second kappa shape index (κ2) is 7.18. The van der Waals surface area contributed by atoms with Gasteiger partial charge in [-0.3, -0.25) is 4.79 Å². The van der Waals surface area contributed by atoms with Crippen molar-refractivity contribution in [1.29, 1.82) is 0 Å². The summed E-state index contributed by atoms with van der Waals surface area (Å²) in [6, 6.07) is 13.8. The third-order valence-electron chi connectivity index (χ3n) is 3.97. The minimum absolute atomic E-state index is 0.0716. The van der Waals surface area contributed by atoms with Crippen LogP contribution in [0.25, 0.3) is 0 Å². The molecule has 3 nitrogen and oxygen atoms in total. The molecule has 116 valence electrons. The fraction of sp³-hybridized carbons (Fsp3) is 0.278. The molecule has 0 aliphatic heterocycles. The van der Waals surface area contributed by atoms with Gasteiger partial charge in [-0.05, 0) is 43.7 Å². The van der Waals surface area contributed by atoms with E-state index in [1.165, 1.54) is 23.3 Å². The van der Waals surface area contributed by atoms with Gasteiger partial charge in [0, 0.05) is 11.3 Å². The zero-order chi connectivity index (χ0) is 16.1. The van der Waals surface area contributed by atoms with Crippen molar-refractivity contribution in [3.63, 3.8) is 0 Å². The van der Waals surface area contributed by atoms with Gasteiger partial charge in [0.15, 0.2) is 6.04 Å². The van der Waals surface area contributed by atoms with Crippen molar-refractivity contribution in [2.45, 2.75) is 26.4 Å². The molecule has 4 heteroatoms. The molecular weight excluding hydrogens is 279 g/mol. The first-order chi connectivity index (χ1) is 10.5. The lowest BCUT2D eigenvalue weighted by atomic mass is 10.1. The minimum Gasteiger partial charge on any atom is -0.324 e. The molecule has 2 aromatic carbocycles. The van der Waals surface area contributed by atoms with Gasteiger partial charge in [0.05, 0.1) is 7.05 Å². The molecule has 0 aliphatic carbocycles. The molecule has 0 fully saturated rings. The van der Waals surface area contributed by atoms with E-state index in [1.807, 2.05) is 26.1 Å². The minimum atomic E-state index is -0.312. The number of likely N-dealkylation sites (N-methyl/N-ethyl adjacent to an activating group) is 1. The van der Waals surface area contributed by atoms with Crippen LogP contribution in [0.1, 0.15) is 18.1 Å². The molecular formula is C18H22FN2O+. The Kier molecular flexibility index (Phi) is 5.28. The molecule has 1 amide bonds. The standard InChI is InChI=1S/C18H21FN2O/c1-13-6-4-5-7-15(13)12-21(3)14(2)18(22)20-17-10-8-16(19)9-11-17/h4-11,14H,12H2,1-3H3,(H,20,22)/p+1/t14-/m0/s1. The molecule has 0 radical (unpaired) electrons. The van der Waals surface area contributed by atoms with Gasteiger partial charge in [-0.25, -0.2) is 4.39 Å². The fourth-order valence-electron chi connectivity index (χ4n) is 2.27. The van der Waals surface area contributed by atoms with Crippen LogP contribution < -0.4 is 10.2 Å². The summed E-state index contributed by atoms with van der Waals surface area (Å²) in [5.74, 6) is -0.383. The van der Waals surface area contributed by atoms with E-state index in [9.17, 15) is 9.18 Å². The fourth-order valence-corrected chi connectivity index (χ4v) is 2.27. The van der Waals surface area contributed by atoms with Crippen LogP contribution in [-0.2, 0) is 11.3 Å². The highest BCUT2D eigenvalue weighted by Gasteiger charge is 2.22. The van der Waals surface area contributed by atoms with Crippen molar-refractivity contribution in [2.75, 3.05) is 12.4 Å². The number of quaternary nitrogens is 1. The van der Waals surface area contributed by atoms with Crippen LogP contribution in [0, 0.1) is 12.7 Å². The number of hydrogen-bond acceptors (Lipinski definition) is 1. The van der Waals surface area contributed by atoms with E-state index in [-0.39, 0.29) is 17.8 Å². The number of anilines is 1. The number of amides is 1. The number of rotatable bonds is 5. The van der Waals surface area contributed by atoms with Gasteiger partial charge in [0.2, 0.25) is 0 Å². The average Bonchev–Trinajstić information content (AvgIpc) is 2.51. The Balaban J connectivity index is 1.97. The second-order valence-electron chi connectivity index (χ2n) is 5.67. The van der Waals surface area contributed by atoms with E-state index >= 15 is 0 Å². The van der Waals surface area contributed by atoms with Crippen LogP contribution in [0.15, 0.2) is 48.5 Å². The van der Waals surface area contributed by atoms with Gasteiger partial charge >= 0.3 is 0 Å². The molecule has 0 aromatic heterocycles. The lowest BCUT2D eigenvalue weighted by Crippen LogP contribution is -3.12. The molecule has 1 unspecified atom stereocenters. The van der Waals surface area contributed by atoms with E-state index in [0.717, 1.165) is 11.4 Å². The van der Waals surface area contributed by atoms with Crippen LogP contribution >= 0.6 is 0 Å². The summed E-state index contributed by atoms with van der Waals surface area (Å²) in [4.78, 5) is 13.4. The Morgan fingerprint density at radius 2 is 1.82 bits per heavy atom. The smallest absolute Gasteiger partial charge is 0.282 e. The maximum absolute atomic E-state index is 12.9. The van der Waals surface area contributed by atoms with Gasteiger partial charge < -0.3 is 10.2 Å². The Bertz CT molecular complexity index is 640. The number of carbonyl (C=O) groups excluding carboxylic acids is 1.